The van der Waals surface area contributed by atoms with Crippen LogP contribution in [0.3, 0.4) is 0 Å². The minimum Gasteiger partial charge on any atom is -0.340 e. The Hall–Kier alpha value is -3.28. The van der Waals surface area contributed by atoms with E-state index in [0.717, 1.165) is 42.6 Å². The number of carbonyl (C=O) groups excluding carboxylic acids is 1. The highest BCUT2D eigenvalue weighted by Crippen LogP contribution is 2.24. The molecule has 0 saturated carbocycles. The zero-order chi connectivity index (χ0) is 22.3. The maximum atomic E-state index is 13.1. The van der Waals surface area contributed by atoms with Gasteiger partial charge in [0, 0.05) is 36.7 Å². The number of aryl methyl sites for hydroxylation is 1. The summed E-state index contributed by atoms with van der Waals surface area (Å²) in [6, 6.07) is 14.4. The molecule has 1 N–H and O–H groups in total. The summed E-state index contributed by atoms with van der Waals surface area (Å²) in [6.45, 7) is 3.61. The average molecular weight is 433 g/mol. The Morgan fingerprint density at radius 1 is 1.06 bits per heavy atom. The lowest BCUT2D eigenvalue weighted by molar-refractivity contribution is -0.120. The number of rotatable bonds is 7. The van der Waals surface area contributed by atoms with Crippen molar-refractivity contribution >= 4 is 17.5 Å². The molecule has 0 aliphatic carbocycles. The van der Waals surface area contributed by atoms with Crippen LogP contribution in [-0.2, 0) is 11.2 Å². The van der Waals surface area contributed by atoms with Crippen LogP contribution in [0, 0.1) is 11.7 Å². The number of nitrogens with one attached hydrogen (secondary N) is 1. The van der Waals surface area contributed by atoms with Crippen molar-refractivity contribution in [1.29, 1.82) is 0 Å². The lowest BCUT2D eigenvalue weighted by Crippen LogP contribution is -2.41. The summed E-state index contributed by atoms with van der Waals surface area (Å²) in [5, 5.41) is 3.07. The van der Waals surface area contributed by atoms with Gasteiger partial charge in [0.05, 0.1) is 5.92 Å². The maximum Gasteiger partial charge on any atom is 0.229 e. The van der Waals surface area contributed by atoms with E-state index < -0.39 is 0 Å². The summed E-state index contributed by atoms with van der Waals surface area (Å²) >= 11 is 0. The Kier molecular flexibility index (Phi) is 7.10. The second-order valence-electron chi connectivity index (χ2n) is 8.35. The van der Waals surface area contributed by atoms with Gasteiger partial charge in [0.15, 0.2) is 0 Å². The summed E-state index contributed by atoms with van der Waals surface area (Å²) in [4.78, 5) is 23.9. The SMILES string of the molecule is CCCCc1ccc(NC(=O)C2CCCN(c3ncc(-c4ccc(F)cc4)cn3)C2)cc1. The number of carbonyl (C=O) groups is 1. The van der Waals surface area contributed by atoms with Crippen LogP contribution in [-0.4, -0.2) is 29.0 Å². The van der Waals surface area contributed by atoms with E-state index in [4.69, 9.17) is 0 Å². The molecule has 1 atom stereocenters. The monoisotopic (exact) mass is 432 g/mol. The van der Waals surface area contributed by atoms with E-state index in [-0.39, 0.29) is 17.6 Å². The predicted octanol–water partition coefficient (Wildman–Crippen LogP) is 5.48. The van der Waals surface area contributed by atoms with Crippen molar-refractivity contribution < 1.29 is 9.18 Å². The first kappa shape index (κ1) is 21.9. The van der Waals surface area contributed by atoms with Gasteiger partial charge in [-0.2, -0.15) is 0 Å². The Morgan fingerprint density at radius 2 is 1.78 bits per heavy atom. The lowest BCUT2D eigenvalue weighted by atomic mass is 9.97. The number of hydrogen-bond donors (Lipinski definition) is 1. The van der Waals surface area contributed by atoms with Gasteiger partial charge >= 0.3 is 0 Å². The van der Waals surface area contributed by atoms with Gasteiger partial charge in [-0.15, -0.1) is 0 Å². The van der Waals surface area contributed by atoms with Crippen molar-refractivity contribution in [3.05, 3.63) is 72.3 Å². The molecule has 1 saturated heterocycles. The third-order valence-corrected chi connectivity index (χ3v) is 5.93. The Balaban J connectivity index is 1.36. The average Bonchev–Trinajstić information content (AvgIpc) is 2.84. The standard InChI is InChI=1S/C26H29FN4O/c1-2-3-5-19-7-13-24(14-8-19)30-25(32)21-6-4-15-31(18-21)26-28-16-22(17-29-26)20-9-11-23(27)12-10-20/h7-14,16-17,21H,2-6,15,18H2,1H3,(H,30,32). The first-order valence-electron chi connectivity index (χ1n) is 11.3. The molecule has 5 nitrogen and oxygen atoms in total. The van der Waals surface area contributed by atoms with E-state index >= 15 is 0 Å². The molecule has 1 aliphatic heterocycles. The fourth-order valence-electron chi connectivity index (χ4n) is 4.03. The van der Waals surface area contributed by atoms with Crippen LogP contribution < -0.4 is 10.2 Å². The number of nitrogens with zero attached hydrogens (tertiary/aromatic N) is 3. The zero-order valence-electron chi connectivity index (χ0n) is 18.4. The lowest BCUT2D eigenvalue weighted by Gasteiger charge is -2.32. The Labute approximate surface area is 188 Å². The van der Waals surface area contributed by atoms with Crippen LogP contribution in [0.15, 0.2) is 60.9 Å². The molecule has 1 unspecified atom stereocenters. The molecule has 0 radical (unpaired) electrons. The smallest absolute Gasteiger partial charge is 0.229 e. The van der Waals surface area contributed by atoms with E-state index in [2.05, 4.69) is 39.2 Å². The number of hydrogen-bond acceptors (Lipinski definition) is 4. The van der Waals surface area contributed by atoms with Gasteiger partial charge in [-0.3, -0.25) is 4.79 Å². The summed E-state index contributed by atoms with van der Waals surface area (Å²) in [7, 11) is 0. The molecule has 4 rings (SSSR count). The van der Waals surface area contributed by atoms with Crippen molar-refractivity contribution in [2.75, 3.05) is 23.3 Å². The first-order chi connectivity index (χ1) is 15.6. The van der Waals surface area contributed by atoms with E-state index in [1.807, 2.05) is 12.1 Å². The van der Waals surface area contributed by atoms with Gasteiger partial charge in [0.25, 0.3) is 0 Å². The predicted molar refractivity (Wildman–Crippen MR) is 126 cm³/mol. The highest BCUT2D eigenvalue weighted by atomic mass is 19.1. The van der Waals surface area contributed by atoms with E-state index in [9.17, 15) is 9.18 Å². The Morgan fingerprint density at radius 3 is 2.47 bits per heavy atom. The minimum absolute atomic E-state index is 0.0407. The number of halogens is 1. The molecule has 166 valence electrons. The van der Waals surface area contributed by atoms with Crippen LogP contribution in [0.1, 0.15) is 38.2 Å². The molecular formula is C26H29FN4O. The normalized spacial score (nSPS) is 16.1. The highest BCUT2D eigenvalue weighted by molar-refractivity contribution is 5.93. The zero-order valence-corrected chi connectivity index (χ0v) is 18.4. The van der Waals surface area contributed by atoms with Crippen LogP contribution in [0.2, 0.25) is 0 Å². The van der Waals surface area contributed by atoms with E-state index in [0.29, 0.717) is 12.5 Å². The van der Waals surface area contributed by atoms with E-state index in [1.165, 1.54) is 30.5 Å². The fourth-order valence-corrected chi connectivity index (χ4v) is 4.03. The highest BCUT2D eigenvalue weighted by Gasteiger charge is 2.27. The first-order valence-corrected chi connectivity index (χ1v) is 11.3. The molecule has 32 heavy (non-hydrogen) atoms. The van der Waals surface area contributed by atoms with Crippen LogP contribution >= 0.6 is 0 Å². The van der Waals surface area contributed by atoms with Gasteiger partial charge in [0.1, 0.15) is 5.82 Å². The third-order valence-electron chi connectivity index (χ3n) is 5.93. The molecule has 1 amide bonds. The molecule has 3 aromatic rings. The molecule has 6 heteroatoms. The van der Waals surface area contributed by atoms with Gasteiger partial charge in [-0.05, 0) is 61.1 Å². The van der Waals surface area contributed by atoms with Crippen molar-refractivity contribution in [2.24, 2.45) is 5.92 Å². The fraction of sp³-hybridized carbons (Fsp3) is 0.346. The number of aromatic nitrogens is 2. The molecule has 2 heterocycles. The topological polar surface area (TPSA) is 58.1 Å². The summed E-state index contributed by atoms with van der Waals surface area (Å²) in [5.41, 5.74) is 3.85. The van der Waals surface area contributed by atoms with Crippen LogP contribution in [0.5, 0.6) is 0 Å². The molecule has 1 aromatic heterocycles. The van der Waals surface area contributed by atoms with Crippen molar-refractivity contribution in [1.82, 2.24) is 9.97 Å². The van der Waals surface area contributed by atoms with Gasteiger partial charge in [-0.25, -0.2) is 14.4 Å². The van der Waals surface area contributed by atoms with Crippen molar-refractivity contribution in [2.45, 2.75) is 39.0 Å². The number of unbranched alkanes of at least 4 members (excludes halogenated alkanes) is 1. The minimum atomic E-state index is -0.267. The number of benzene rings is 2. The molecule has 0 spiro atoms. The van der Waals surface area contributed by atoms with Gasteiger partial charge in [0.2, 0.25) is 11.9 Å². The second kappa shape index (κ2) is 10.4. The Bertz CT molecular complexity index is 1020. The maximum absolute atomic E-state index is 13.1. The number of anilines is 2. The summed E-state index contributed by atoms with van der Waals surface area (Å²) < 4.78 is 13.1. The van der Waals surface area contributed by atoms with Gasteiger partial charge < -0.3 is 10.2 Å². The third kappa shape index (κ3) is 5.49. The molecule has 1 aliphatic rings. The summed E-state index contributed by atoms with van der Waals surface area (Å²) in [5.74, 6) is 0.285. The van der Waals surface area contributed by atoms with Crippen molar-refractivity contribution in [3.8, 4) is 11.1 Å². The molecular weight excluding hydrogens is 403 g/mol. The molecule has 1 fully saturated rings. The number of amides is 1. The largest absolute Gasteiger partial charge is 0.340 e. The van der Waals surface area contributed by atoms with Gasteiger partial charge in [-0.1, -0.05) is 37.6 Å². The van der Waals surface area contributed by atoms with Crippen molar-refractivity contribution in [3.63, 3.8) is 0 Å². The van der Waals surface area contributed by atoms with Crippen LogP contribution in [0.4, 0.5) is 16.0 Å². The second-order valence-corrected chi connectivity index (χ2v) is 8.35. The van der Waals surface area contributed by atoms with E-state index in [1.54, 1.807) is 24.5 Å². The molecule has 2 aromatic carbocycles. The van der Waals surface area contributed by atoms with Crippen LogP contribution in [0.25, 0.3) is 11.1 Å². The summed E-state index contributed by atoms with van der Waals surface area (Å²) in [6.07, 6.45) is 8.69. The number of piperidine rings is 1. The molecule has 0 bridgehead atoms. The quantitative estimate of drug-likeness (QED) is 0.537.